The van der Waals surface area contributed by atoms with Crippen molar-refractivity contribution in [2.24, 2.45) is 5.73 Å². The molecule has 1 aromatic carbocycles. The standard InChI is InChI=1S/C12H15BrN2O/c1-6-3-10(13)7(2)8-4-11(12(14)16)15-5-9(6)8/h3,11,15H,4-5H2,1-2H3,(H2,14,16). The summed E-state index contributed by atoms with van der Waals surface area (Å²) in [5.74, 6) is -0.275. The molecule has 1 amide bonds. The van der Waals surface area contributed by atoms with Gasteiger partial charge < -0.3 is 11.1 Å². The van der Waals surface area contributed by atoms with Gasteiger partial charge in [-0.1, -0.05) is 15.9 Å². The molecule has 3 N–H and O–H groups in total. The molecule has 2 rings (SSSR count). The summed E-state index contributed by atoms with van der Waals surface area (Å²) < 4.78 is 1.11. The first-order valence-electron chi connectivity index (χ1n) is 5.31. The van der Waals surface area contributed by atoms with Crippen molar-refractivity contribution in [2.45, 2.75) is 32.9 Å². The number of nitrogens with two attached hydrogens (primary N) is 1. The zero-order valence-corrected chi connectivity index (χ0v) is 11.0. The summed E-state index contributed by atoms with van der Waals surface area (Å²) in [6, 6.07) is 1.89. The van der Waals surface area contributed by atoms with E-state index in [4.69, 9.17) is 5.73 Å². The van der Waals surface area contributed by atoms with Crippen molar-refractivity contribution >= 4 is 21.8 Å². The van der Waals surface area contributed by atoms with Gasteiger partial charge >= 0.3 is 0 Å². The number of fused-ring (bicyclic) bond motifs is 1. The third kappa shape index (κ3) is 1.87. The summed E-state index contributed by atoms with van der Waals surface area (Å²) in [5, 5.41) is 3.17. The minimum absolute atomic E-state index is 0.236. The van der Waals surface area contributed by atoms with Crippen molar-refractivity contribution < 1.29 is 4.79 Å². The molecular weight excluding hydrogens is 268 g/mol. The number of benzene rings is 1. The second kappa shape index (κ2) is 4.18. The molecule has 0 aromatic heterocycles. The Morgan fingerprint density at radius 3 is 2.81 bits per heavy atom. The maximum atomic E-state index is 11.2. The Bertz CT molecular complexity index is 457. The highest BCUT2D eigenvalue weighted by Crippen LogP contribution is 2.29. The number of carbonyl (C=O) groups is 1. The lowest BCUT2D eigenvalue weighted by atomic mass is 9.89. The lowest BCUT2D eigenvalue weighted by molar-refractivity contribution is -0.120. The molecule has 1 aromatic rings. The second-order valence-corrected chi connectivity index (χ2v) is 5.15. The van der Waals surface area contributed by atoms with E-state index in [-0.39, 0.29) is 11.9 Å². The summed E-state index contributed by atoms with van der Waals surface area (Å²) in [6.45, 7) is 4.89. The topological polar surface area (TPSA) is 55.1 Å². The molecule has 86 valence electrons. The van der Waals surface area contributed by atoms with Gasteiger partial charge in [-0.15, -0.1) is 0 Å². The van der Waals surface area contributed by atoms with Gasteiger partial charge in [-0.05, 0) is 48.6 Å². The predicted molar refractivity (Wildman–Crippen MR) is 67.1 cm³/mol. The zero-order chi connectivity index (χ0) is 11.9. The highest BCUT2D eigenvalue weighted by Gasteiger charge is 2.25. The van der Waals surface area contributed by atoms with E-state index in [1.807, 2.05) is 0 Å². The third-order valence-electron chi connectivity index (χ3n) is 3.27. The molecule has 0 fully saturated rings. The van der Waals surface area contributed by atoms with E-state index in [0.29, 0.717) is 6.42 Å². The van der Waals surface area contributed by atoms with Gasteiger partial charge in [0.05, 0.1) is 6.04 Å². The fourth-order valence-electron chi connectivity index (χ4n) is 2.22. The molecular formula is C12H15BrN2O. The van der Waals surface area contributed by atoms with Crippen molar-refractivity contribution in [1.82, 2.24) is 5.32 Å². The van der Waals surface area contributed by atoms with Gasteiger partial charge in [-0.2, -0.15) is 0 Å². The van der Waals surface area contributed by atoms with Crippen LogP contribution in [0.3, 0.4) is 0 Å². The van der Waals surface area contributed by atoms with Crippen LogP contribution in [0.2, 0.25) is 0 Å². The van der Waals surface area contributed by atoms with Gasteiger partial charge in [0.25, 0.3) is 0 Å². The molecule has 1 aliphatic rings. The van der Waals surface area contributed by atoms with Crippen LogP contribution in [0.4, 0.5) is 0 Å². The number of halogens is 1. The third-order valence-corrected chi connectivity index (χ3v) is 4.10. The first-order valence-corrected chi connectivity index (χ1v) is 6.10. The molecule has 1 unspecified atom stereocenters. The Morgan fingerprint density at radius 2 is 2.19 bits per heavy atom. The van der Waals surface area contributed by atoms with E-state index >= 15 is 0 Å². The Morgan fingerprint density at radius 1 is 1.50 bits per heavy atom. The van der Waals surface area contributed by atoms with Crippen molar-refractivity contribution in [1.29, 1.82) is 0 Å². The smallest absolute Gasteiger partial charge is 0.234 e. The number of nitrogens with one attached hydrogen (secondary N) is 1. The first-order chi connectivity index (χ1) is 7.50. The molecule has 0 saturated carbocycles. The Hall–Kier alpha value is -0.870. The van der Waals surface area contributed by atoms with Crippen LogP contribution >= 0.6 is 15.9 Å². The van der Waals surface area contributed by atoms with E-state index in [2.05, 4.69) is 41.2 Å². The molecule has 0 aliphatic carbocycles. The molecule has 3 nitrogen and oxygen atoms in total. The molecule has 0 spiro atoms. The number of primary amides is 1. The van der Waals surface area contributed by atoms with Crippen LogP contribution in [-0.4, -0.2) is 11.9 Å². The molecule has 1 aliphatic heterocycles. The summed E-state index contributed by atoms with van der Waals surface area (Å²) in [4.78, 5) is 11.2. The quantitative estimate of drug-likeness (QED) is 0.822. The van der Waals surface area contributed by atoms with Gasteiger partial charge in [-0.25, -0.2) is 0 Å². The number of rotatable bonds is 1. The van der Waals surface area contributed by atoms with Crippen LogP contribution in [0.5, 0.6) is 0 Å². The van der Waals surface area contributed by atoms with Gasteiger partial charge in [0.15, 0.2) is 0 Å². The molecule has 4 heteroatoms. The lowest BCUT2D eigenvalue weighted by Gasteiger charge is -2.27. The van der Waals surface area contributed by atoms with Crippen LogP contribution in [0.25, 0.3) is 0 Å². The van der Waals surface area contributed by atoms with Crippen molar-refractivity contribution in [3.63, 3.8) is 0 Å². The van der Waals surface area contributed by atoms with Crippen molar-refractivity contribution in [3.8, 4) is 0 Å². The van der Waals surface area contributed by atoms with Crippen molar-refractivity contribution in [3.05, 3.63) is 32.8 Å². The summed E-state index contributed by atoms with van der Waals surface area (Å²) in [5.41, 5.74) is 10.4. The fraction of sp³-hybridized carbons (Fsp3) is 0.417. The van der Waals surface area contributed by atoms with E-state index in [1.54, 1.807) is 0 Å². The summed E-state index contributed by atoms with van der Waals surface area (Å²) in [7, 11) is 0. The highest BCUT2D eigenvalue weighted by molar-refractivity contribution is 9.10. The normalized spacial score (nSPS) is 19.3. The minimum Gasteiger partial charge on any atom is -0.368 e. The van der Waals surface area contributed by atoms with Crippen LogP contribution in [0.15, 0.2) is 10.5 Å². The maximum absolute atomic E-state index is 11.2. The molecule has 1 atom stereocenters. The number of carbonyl (C=O) groups excluding carboxylic acids is 1. The molecule has 0 radical (unpaired) electrons. The predicted octanol–water partition coefficient (Wildman–Crippen LogP) is 1.57. The van der Waals surface area contributed by atoms with E-state index < -0.39 is 0 Å². The average molecular weight is 283 g/mol. The fourth-order valence-corrected chi connectivity index (χ4v) is 2.80. The average Bonchev–Trinajstić information content (AvgIpc) is 2.25. The van der Waals surface area contributed by atoms with Crippen LogP contribution in [-0.2, 0) is 17.8 Å². The monoisotopic (exact) mass is 282 g/mol. The van der Waals surface area contributed by atoms with Gasteiger partial charge in [0.1, 0.15) is 0 Å². The Labute approximate surface area is 104 Å². The van der Waals surface area contributed by atoms with Crippen LogP contribution in [0, 0.1) is 13.8 Å². The zero-order valence-electron chi connectivity index (χ0n) is 9.43. The Kier molecular flexibility index (Phi) is 3.04. The van der Waals surface area contributed by atoms with Crippen molar-refractivity contribution in [2.75, 3.05) is 0 Å². The molecule has 1 heterocycles. The lowest BCUT2D eigenvalue weighted by Crippen LogP contribution is -2.45. The number of hydrogen-bond donors (Lipinski definition) is 2. The van der Waals surface area contributed by atoms with Gasteiger partial charge in [0, 0.05) is 11.0 Å². The molecule has 0 bridgehead atoms. The minimum atomic E-state index is -0.275. The largest absolute Gasteiger partial charge is 0.368 e. The maximum Gasteiger partial charge on any atom is 0.234 e. The summed E-state index contributed by atoms with van der Waals surface area (Å²) in [6.07, 6.45) is 0.691. The highest BCUT2D eigenvalue weighted by atomic mass is 79.9. The SMILES string of the molecule is Cc1cc(Br)c(C)c2c1CNC(C(N)=O)C2. The van der Waals surface area contributed by atoms with Gasteiger partial charge in [-0.3, -0.25) is 4.79 Å². The first kappa shape index (κ1) is 11.6. The number of amides is 1. The second-order valence-electron chi connectivity index (χ2n) is 4.30. The molecule has 0 saturated heterocycles. The van der Waals surface area contributed by atoms with E-state index in [1.165, 1.54) is 22.3 Å². The van der Waals surface area contributed by atoms with Crippen LogP contribution < -0.4 is 11.1 Å². The van der Waals surface area contributed by atoms with E-state index in [0.717, 1.165) is 11.0 Å². The number of aryl methyl sites for hydroxylation is 1. The van der Waals surface area contributed by atoms with Gasteiger partial charge in [0.2, 0.25) is 5.91 Å². The van der Waals surface area contributed by atoms with Crippen LogP contribution in [0.1, 0.15) is 22.3 Å². The molecule has 16 heavy (non-hydrogen) atoms. The van der Waals surface area contributed by atoms with E-state index in [9.17, 15) is 4.79 Å². The summed E-state index contributed by atoms with van der Waals surface area (Å²) >= 11 is 3.55. The Balaban J connectivity index is 2.48. The number of hydrogen-bond acceptors (Lipinski definition) is 2.